The van der Waals surface area contributed by atoms with Crippen LogP contribution in [0, 0.1) is 0 Å². The van der Waals surface area contributed by atoms with E-state index in [9.17, 15) is 19.0 Å². The first-order valence-electron chi connectivity index (χ1n) is 20.0. The van der Waals surface area contributed by atoms with E-state index < -0.39 is 32.5 Å². The molecule has 300 valence electrons. The van der Waals surface area contributed by atoms with Gasteiger partial charge in [-0.25, -0.2) is 0 Å². The third-order valence-corrected chi connectivity index (χ3v) is 8.99. The molecule has 0 fully saturated rings. The second-order valence-corrected chi connectivity index (χ2v) is 15.7. The van der Waals surface area contributed by atoms with Gasteiger partial charge in [0.1, 0.15) is 19.8 Å². The van der Waals surface area contributed by atoms with Gasteiger partial charge in [0.15, 0.2) is 6.10 Å². The third-order valence-electron chi connectivity index (χ3n) is 8.02. The molecular formula is C42H74NO8P. The number of nitrogens with zero attached hydrogens (tertiary/aromatic N) is 1. The first-order valence-corrected chi connectivity index (χ1v) is 21.5. The van der Waals surface area contributed by atoms with Gasteiger partial charge in [-0.05, 0) is 77.0 Å². The number of carbonyl (C=O) groups excluding carboxylic acids is 2. The lowest BCUT2D eigenvalue weighted by atomic mass is 10.1. The summed E-state index contributed by atoms with van der Waals surface area (Å²) in [6.45, 7) is 4.01. The second kappa shape index (κ2) is 34.5. The van der Waals surface area contributed by atoms with E-state index in [0.29, 0.717) is 23.9 Å². The van der Waals surface area contributed by atoms with Crippen LogP contribution in [0.2, 0.25) is 0 Å². The fourth-order valence-corrected chi connectivity index (χ4v) is 5.60. The molecule has 52 heavy (non-hydrogen) atoms. The maximum Gasteiger partial charge on any atom is 0.306 e. The molecule has 0 saturated heterocycles. The van der Waals surface area contributed by atoms with Crippen LogP contribution in [0.3, 0.4) is 0 Å². The van der Waals surface area contributed by atoms with Crippen molar-refractivity contribution in [3.8, 4) is 0 Å². The Morgan fingerprint density at radius 2 is 1.10 bits per heavy atom. The van der Waals surface area contributed by atoms with Gasteiger partial charge < -0.3 is 27.9 Å². The lowest BCUT2D eigenvalue weighted by molar-refractivity contribution is -0.870. The molecule has 1 unspecified atom stereocenters. The number of carbonyl (C=O) groups is 2. The molecule has 0 amide bonds. The molecule has 0 aliphatic carbocycles. The van der Waals surface area contributed by atoms with E-state index in [0.717, 1.165) is 64.2 Å². The Bertz CT molecular complexity index is 1080. The van der Waals surface area contributed by atoms with Crippen LogP contribution < -0.4 is 4.89 Å². The summed E-state index contributed by atoms with van der Waals surface area (Å²) in [4.78, 5) is 37.4. The van der Waals surface area contributed by atoms with E-state index in [4.69, 9.17) is 18.5 Å². The number of rotatable bonds is 35. The standard InChI is InChI=1S/C42H74NO8P/c1-6-8-10-12-14-16-18-20-21-23-24-26-28-30-32-34-41(44)48-38-40(39-50-52(46,47)49-37-36-43(3,4)5)51-42(45)35-33-31-29-27-25-22-19-17-15-13-11-9-7-2/h8,10,14,16,20-22,24-26,40H,6-7,9,11-13,15,17-19,23,27-39H2,1-5H3/b10-8+,16-14+,21-20+,25-22+,26-24+/t40-/m1/s1. The maximum atomic E-state index is 12.6. The highest BCUT2D eigenvalue weighted by molar-refractivity contribution is 7.45. The van der Waals surface area contributed by atoms with Gasteiger partial charge in [0.25, 0.3) is 7.82 Å². The number of esters is 2. The first kappa shape index (κ1) is 49.7. The Morgan fingerprint density at radius 3 is 1.69 bits per heavy atom. The third kappa shape index (κ3) is 37.5. The smallest absolute Gasteiger partial charge is 0.306 e. The number of phosphoric ester groups is 1. The van der Waals surface area contributed by atoms with E-state index in [1.807, 2.05) is 21.1 Å². The predicted octanol–water partition coefficient (Wildman–Crippen LogP) is 10.3. The Morgan fingerprint density at radius 1 is 0.615 bits per heavy atom. The zero-order valence-corrected chi connectivity index (χ0v) is 34.4. The van der Waals surface area contributed by atoms with Crippen LogP contribution in [0.1, 0.15) is 142 Å². The van der Waals surface area contributed by atoms with Gasteiger partial charge in [-0.15, -0.1) is 0 Å². The molecule has 0 spiro atoms. The van der Waals surface area contributed by atoms with Gasteiger partial charge in [0, 0.05) is 12.8 Å². The van der Waals surface area contributed by atoms with Crippen molar-refractivity contribution in [2.75, 3.05) is 47.5 Å². The Hall–Kier alpha value is -2.29. The fourth-order valence-electron chi connectivity index (χ4n) is 4.87. The minimum absolute atomic E-state index is 0.0428. The molecule has 10 heteroatoms. The molecule has 0 aromatic heterocycles. The van der Waals surface area contributed by atoms with Crippen molar-refractivity contribution in [3.05, 3.63) is 60.8 Å². The van der Waals surface area contributed by atoms with Gasteiger partial charge in [0.2, 0.25) is 0 Å². The molecule has 0 aromatic rings. The molecule has 0 bridgehead atoms. The van der Waals surface area contributed by atoms with Crippen LogP contribution in [-0.2, 0) is 32.7 Å². The van der Waals surface area contributed by atoms with Gasteiger partial charge in [-0.1, -0.05) is 113 Å². The van der Waals surface area contributed by atoms with E-state index in [2.05, 4.69) is 74.6 Å². The van der Waals surface area contributed by atoms with Crippen LogP contribution in [0.5, 0.6) is 0 Å². The van der Waals surface area contributed by atoms with Crippen molar-refractivity contribution in [1.82, 2.24) is 0 Å². The number of quaternary nitrogens is 1. The average Bonchev–Trinajstić information content (AvgIpc) is 3.09. The SMILES string of the molecule is CC/C=C/C/C=C/C/C=C/C/C=C/CCCCC(=O)OC[C@H](COP(=O)([O-])OCC[N+](C)(C)C)OC(=O)CCCCC/C=C/CCCCCCCC. The molecule has 0 heterocycles. The molecule has 0 rings (SSSR count). The van der Waals surface area contributed by atoms with Crippen LogP contribution in [0.15, 0.2) is 60.8 Å². The lowest BCUT2D eigenvalue weighted by Crippen LogP contribution is -2.37. The molecule has 0 N–H and O–H groups in total. The number of ether oxygens (including phenoxy) is 2. The van der Waals surface area contributed by atoms with Crippen molar-refractivity contribution in [2.24, 2.45) is 0 Å². The van der Waals surface area contributed by atoms with Crippen LogP contribution in [0.4, 0.5) is 0 Å². The number of hydrogen-bond acceptors (Lipinski definition) is 8. The van der Waals surface area contributed by atoms with Gasteiger partial charge in [-0.3, -0.25) is 14.2 Å². The second-order valence-electron chi connectivity index (χ2n) is 14.3. The highest BCUT2D eigenvalue weighted by atomic mass is 31.2. The number of allylic oxidation sites excluding steroid dienone is 10. The summed E-state index contributed by atoms with van der Waals surface area (Å²) >= 11 is 0. The maximum absolute atomic E-state index is 12.6. The van der Waals surface area contributed by atoms with Gasteiger partial charge in [0.05, 0.1) is 27.7 Å². The minimum Gasteiger partial charge on any atom is -0.756 e. The summed E-state index contributed by atoms with van der Waals surface area (Å²) < 4.78 is 33.7. The number of phosphoric acid groups is 1. The molecule has 0 radical (unpaired) electrons. The topological polar surface area (TPSA) is 111 Å². The average molecular weight is 752 g/mol. The zero-order valence-electron chi connectivity index (χ0n) is 33.5. The monoisotopic (exact) mass is 752 g/mol. The molecule has 0 aliphatic heterocycles. The minimum atomic E-state index is -4.63. The van der Waals surface area contributed by atoms with E-state index in [-0.39, 0.29) is 26.1 Å². The Labute approximate surface area is 317 Å². The number of hydrogen-bond donors (Lipinski definition) is 0. The molecular weight excluding hydrogens is 677 g/mol. The summed E-state index contributed by atoms with van der Waals surface area (Å²) in [6, 6.07) is 0. The first-order chi connectivity index (χ1) is 25.0. The van der Waals surface area contributed by atoms with E-state index >= 15 is 0 Å². The fraction of sp³-hybridized carbons (Fsp3) is 0.714. The molecule has 9 nitrogen and oxygen atoms in total. The van der Waals surface area contributed by atoms with E-state index in [1.165, 1.54) is 38.5 Å². The largest absolute Gasteiger partial charge is 0.756 e. The summed E-state index contributed by atoms with van der Waals surface area (Å²) in [7, 11) is 1.12. The molecule has 2 atom stereocenters. The summed E-state index contributed by atoms with van der Waals surface area (Å²) in [5, 5.41) is 0. The molecule has 0 aliphatic rings. The highest BCUT2D eigenvalue weighted by Gasteiger charge is 2.21. The normalized spacial score (nSPS) is 14.3. The zero-order chi connectivity index (χ0) is 38.6. The Kier molecular flexibility index (Phi) is 33.0. The Balaban J connectivity index is 4.53. The predicted molar refractivity (Wildman–Crippen MR) is 213 cm³/mol. The quantitative estimate of drug-likeness (QED) is 0.0207. The molecule has 0 aromatic carbocycles. The van der Waals surface area contributed by atoms with Crippen molar-refractivity contribution >= 4 is 19.8 Å². The van der Waals surface area contributed by atoms with Crippen molar-refractivity contribution < 1.29 is 42.1 Å². The summed E-state index contributed by atoms with van der Waals surface area (Å²) in [6.07, 6.45) is 39.7. The van der Waals surface area contributed by atoms with Gasteiger partial charge in [-0.2, -0.15) is 0 Å². The summed E-state index contributed by atoms with van der Waals surface area (Å²) in [5.74, 6) is -0.909. The van der Waals surface area contributed by atoms with Crippen LogP contribution in [0.25, 0.3) is 0 Å². The van der Waals surface area contributed by atoms with Crippen molar-refractivity contribution in [2.45, 2.75) is 148 Å². The van der Waals surface area contributed by atoms with Gasteiger partial charge >= 0.3 is 11.9 Å². The summed E-state index contributed by atoms with van der Waals surface area (Å²) in [5.41, 5.74) is 0. The molecule has 0 saturated carbocycles. The van der Waals surface area contributed by atoms with Crippen LogP contribution >= 0.6 is 7.82 Å². The number of likely N-dealkylation sites (N-methyl/N-ethyl adjacent to an activating group) is 1. The van der Waals surface area contributed by atoms with E-state index in [1.54, 1.807) is 0 Å². The van der Waals surface area contributed by atoms with Crippen LogP contribution in [-0.4, -0.2) is 70.0 Å². The number of unbranched alkanes of at least 4 members (excludes halogenated alkanes) is 11. The highest BCUT2D eigenvalue weighted by Crippen LogP contribution is 2.38. The van der Waals surface area contributed by atoms with Crippen molar-refractivity contribution in [1.29, 1.82) is 0 Å². The lowest BCUT2D eigenvalue weighted by Gasteiger charge is -2.28. The van der Waals surface area contributed by atoms with Crippen molar-refractivity contribution in [3.63, 3.8) is 0 Å².